The van der Waals surface area contributed by atoms with Crippen molar-refractivity contribution in [1.29, 1.82) is 0 Å². The van der Waals surface area contributed by atoms with Crippen molar-refractivity contribution in [2.24, 2.45) is 0 Å². The highest BCUT2D eigenvalue weighted by atomic mass is 16.7. The van der Waals surface area contributed by atoms with Crippen molar-refractivity contribution in [3.63, 3.8) is 0 Å². The number of hydrogen-bond donors (Lipinski definition) is 0. The molecule has 2 aromatic rings. The van der Waals surface area contributed by atoms with Crippen LogP contribution in [0.1, 0.15) is 84.9 Å². The summed E-state index contributed by atoms with van der Waals surface area (Å²) in [5.41, 5.74) is 3.77. The molecule has 0 radical (unpaired) electrons. The van der Waals surface area contributed by atoms with Crippen molar-refractivity contribution in [1.82, 2.24) is 0 Å². The monoisotopic (exact) mass is 412 g/mol. The molecular formula is C27H40O3. The van der Waals surface area contributed by atoms with Gasteiger partial charge in [0, 0.05) is 0 Å². The van der Waals surface area contributed by atoms with Gasteiger partial charge >= 0.3 is 0 Å². The average molecular weight is 413 g/mol. The first-order chi connectivity index (χ1) is 13.9. The molecule has 30 heavy (non-hydrogen) atoms. The van der Waals surface area contributed by atoms with Crippen molar-refractivity contribution >= 4 is 0 Å². The van der Waals surface area contributed by atoms with E-state index in [2.05, 4.69) is 85.7 Å². The second-order valence-electron chi connectivity index (χ2n) is 10.3. The average Bonchev–Trinajstić information content (AvgIpc) is 2.64. The molecule has 3 nitrogen and oxygen atoms in total. The topological polar surface area (TPSA) is 27.7 Å². The van der Waals surface area contributed by atoms with Crippen LogP contribution in [0.25, 0.3) is 0 Å². The maximum Gasteiger partial charge on any atom is 0.197 e. The molecule has 0 heterocycles. The van der Waals surface area contributed by atoms with Crippen LogP contribution >= 0.6 is 0 Å². The molecule has 0 aromatic heterocycles. The maximum absolute atomic E-state index is 6.28. The van der Waals surface area contributed by atoms with Gasteiger partial charge in [0.15, 0.2) is 6.29 Å². The summed E-state index contributed by atoms with van der Waals surface area (Å²) < 4.78 is 18.0. The van der Waals surface area contributed by atoms with E-state index in [1.54, 1.807) is 0 Å². The Balaban J connectivity index is 1.96. The maximum atomic E-state index is 6.28. The number of rotatable bonds is 8. The van der Waals surface area contributed by atoms with E-state index in [1.807, 2.05) is 19.1 Å². The fourth-order valence-electron chi connectivity index (χ4n) is 3.39. The summed E-state index contributed by atoms with van der Waals surface area (Å²) in [7, 11) is 0. The fraction of sp³-hybridized carbons (Fsp3) is 0.556. The smallest absolute Gasteiger partial charge is 0.197 e. The number of para-hydroxylation sites is 1. The van der Waals surface area contributed by atoms with Crippen LogP contribution in [-0.2, 0) is 15.6 Å². The lowest BCUT2D eigenvalue weighted by atomic mass is 9.79. The molecule has 0 N–H and O–H groups in total. The molecule has 2 rings (SSSR count). The lowest BCUT2D eigenvalue weighted by Gasteiger charge is -2.29. The van der Waals surface area contributed by atoms with Gasteiger partial charge in [-0.05, 0) is 52.5 Å². The Morgan fingerprint density at radius 1 is 0.733 bits per heavy atom. The van der Waals surface area contributed by atoms with Gasteiger partial charge in [0.05, 0.1) is 6.61 Å². The molecule has 0 aliphatic carbocycles. The predicted octanol–water partition coefficient (Wildman–Crippen LogP) is 7.23. The SMILES string of the molecule is CC(OCCOc1c(C(C)(C)C)cccc1C(C)(C)C)Oc1ccc(C(C)C)cc1. The summed E-state index contributed by atoms with van der Waals surface area (Å²) in [5.74, 6) is 2.32. The quantitative estimate of drug-likeness (QED) is 0.338. The Hall–Kier alpha value is -2.00. The third-order valence-electron chi connectivity index (χ3n) is 5.16. The Kier molecular flexibility index (Phi) is 7.99. The molecule has 0 fully saturated rings. The molecule has 0 spiro atoms. The van der Waals surface area contributed by atoms with Gasteiger partial charge in [0.1, 0.15) is 18.1 Å². The molecular weight excluding hydrogens is 372 g/mol. The third-order valence-corrected chi connectivity index (χ3v) is 5.16. The third kappa shape index (κ3) is 6.77. The molecule has 0 aliphatic rings. The van der Waals surface area contributed by atoms with Crippen LogP contribution < -0.4 is 9.47 Å². The van der Waals surface area contributed by atoms with Crippen molar-refractivity contribution < 1.29 is 14.2 Å². The summed E-state index contributed by atoms with van der Waals surface area (Å²) in [5, 5.41) is 0. The van der Waals surface area contributed by atoms with Gasteiger partial charge in [-0.25, -0.2) is 0 Å². The van der Waals surface area contributed by atoms with Gasteiger partial charge in [-0.3, -0.25) is 0 Å². The summed E-state index contributed by atoms with van der Waals surface area (Å²) in [6.07, 6.45) is -0.335. The molecule has 0 aliphatic heterocycles. The minimum atomic E-state index is -0.335. The van der Waals surface area contributed by atoms with E-state index >= 15 is 0 Å². The lowest BCUT2D eigenvalue weighted by molar-refractivity contribution is -0.0740. The second kappa shape index (κ2) is 9.87. The molecule has 0 saturated carbocycles. The largest absolute Gasteiger partial charge is 0.491 e. The Morgan fingerprint density at radius 3 is 1.73 bits per heavy atom. The molecule has 0 amide bonds. The fourth-order valence-corrected chi connectivity index (χ4v) is 3.39. The van der Waals surface area contributed by atoms with Crippen LogP contribution in [0.4, 0.5) is 0 Å². The molecule has 166 valence electrons. The van der Waals surface area contributed by atoms with Crippen molar-refractivity contribution in [3.8, 4) is 11.5 Å². The van der Waals surface area contributed by atoms with Gasteiger partial charge in [-0.2, -0.15) is 0 Å². The zero-order chi connectivity index (χ0) is 22.5. The molecule has 0 bridgehead atoms. The summed E-state index contributed by atoms with van der Waals surface area (Å²) in [6.45, 7) is 20.6. The van der Waals surface area contributed by atoms with Crippen molar-refractivity contribution in [2.45, 2.75) is 85.4 Å². The number of ether oxygens (including phenoxy) is 3. The highest BCUT2D eigenvalue weighted by Crippen LogP contribution is 2.39. The standard InChI is InChI=1S/C27H40O3/c1-19(2)21-13-15-22(16-14-21)30-20(3)28-17-18-29-25-23(26(4,5)6)11-10-12-24(25)27(7,8)9/h10-16,19-20H,17-18H2,1-9H3. The molecule has 3 heteroatoms. The Morgan fingerprint density at radius 2 is 1.27 bits per heavy atom. The van der Waals surface area contributed by atoms with Crippen molar-refractivity contribution in [2.75, 3.05) is 13.2 Å². The minimum absolute atomic E-state index is 0.00992. The van der Waals surface area contributed by atoms with E-state index in [0.29, 0.717) is 19.1 Å². The molecule has 0 saturated heterocycles. The highest BCUT2D eigenvalue weighted by molar-refractivity contribution is 5.48. The Bertz CT molecular complexity index is 760. The van der Waals surface area contributed by atoms with Crippen LogP contribution in [0.2, 0.25) is 0 Å². The second-order valence-corrected chi connectivity index (χ2v) is 10.3. The first-order valence-electron chi connectivity index (χ1n) is 11.0. The van der Waals surface area contributed by atoms with E-state index in [1.165, 1.54) is 16.7 Å². The first-order valence-corrected chi connectivity index (χ1v) is 11.0. The van der Waals surface area contributed by atoms with E-state index in [0.717, 1.165) is 11.5 Å². The van der Waals surface area contributed by atoms with Gasteiger partial charge in [0.25, 0.3) is 0 Å². The van der Waals surface area contributed by atoms with E-state index in [4.69, 9.17) is 14.2 Å². The summed E-state index contributed by atoms with van der Waals surface area (Å²) in [4.78, 5) is 0. The minimum Gasteiger partial charge on any atom is -0.491 e. The Labute approximate surface area is 183 Å². The van der Waals surface area contributed by atoms with Crippen LogP contribution in [0.3, 0.4) is 0 Å². The van der Waals surface area contributed by atoms with E-state index in [9.17, 15) is 0 Å². The molecule has 2 aromatic carbocycles. The van der Waals surface area contributed by atoms with E-state index in [-0.39, 0.29) is 17.1 Å². The van der Waals surface area contributed by atoms with Crippen LogP contribution in [0.15, 0.2) is 42.5 Å². The van der Waals surface area contributed by atoms with Gasteiger partial charge in [-0.1, -0.05) is 85.7 Å². The molecule has 1 unspecified atom stereocenters. The van der Waals surface area contributed by atoms with Crippen LogP contribution in [-0.4, -0.2) is 19.5 Å². The van der Waals surface area contributed by atoms with Crippen molar-refractivity contribution in [3.05, 3.63) is 59.2 Å². The number of hydrogen-bond acceptors (Lipinski definition) is 3. The van der Waals surface area contributed by atoms with Crippen LogP contribution in [0, 0.1) is 0 Å². The number of benzene rings is 2. The summed E-state index contributed by atoms with van der Waals surface area (Å²) >= 11 is 0. The van der Waals surface area contributed by atoms with Gasteiger partial charge in [0.2, 0.25) is 0 Å². The van der Waals surface area contributed by atoms with Crippen LogP contribution in [0.5, 0.6) is 11.5 Å². The van der Waals surface area contributed by atoms with Gasteiger partial charge in [-0.15, -0.1) is 0 Å². The zero-order valence-electron chi connectivity index (χ0n) is 20.3. The lowest BCUT2D eigenvalue weighted by Crippen LogP contribution is -2.23. The molecule has 1 atom stereocenters. The van der Waals surface area contributed by atoms with E-state index < -0.39 is 0 Å². The zero-order valence-corrected chi connectivity index (χ0v) is 20.3. The van der Waals surface area contributed by atoms with Gasteiger partial charge < -0.3 is 14.2 Å². The highest BCUT2D eigenvalue weighted by Gasteiger charge is 2.26. The first kappa shape index (κ1) is 24.3. The summed E-state index contributed by atoms with van der Waals surface area (Å²) in [6, 6.07) is 14.7. The predicted molar refractivity (Wildman–Crippen MR) is 126 cm³/mol. The normalized spacial score (nSPS) is 13.4.